The second kappa shape index (κ2) is 12.0. The molecule has 39 heavy (non-hydrogen) atoms. The second-order valence-corrected chi connectivity index (χ2v) is 9.44. The number of fused-ring (bicyclic) bond motifs is 1. The molecule has 1 aliphatic carbocycles. The van der Waals surface area contributed by atoms with E-state index in [9.17, 15) is 18.0 Å². The highest BCUT2D eigenvalue weighted by atomic mass is 19.4. The molecule has 204 valence electrons. The normalized spacial score (nSPS) is 17.0. The molecule has 0 spiro atoms. The van der Waals surface area contributed by atoms with E-state index in [0.717, 1.165) is 31.4 Å². The molecule has 1 heterocycles. The summed E-state index contributed by atoms with van der Waals surface area (Å²) >= 11 is 0. The molecule has 0 atom stereocenters. The number of hydrogen-bond acceptors (Lipinski definition) is 5. The highest BCUT2D eigenvalue weighted by molar-refractivity contribution is 5.95. The number of ether oxygens (including phenoxy) is 1. The number of rotatable bonds is 7. The zero-order valence-electron chi connectivity index (χ0n) is 21.8. The van der Waals surface area contributed by atoms with Crippen LogP contribution in [-0.2, 0) is 6.54 Å². The average Bonchev–Trinajstić information content (AvgIpc) is 3.27. The summed E-state index contributed by atoms with van der Waals surface area (Å²) in [4.78, 5) is 11.9. The summed E-state index contributed by atoms with van der Waals surface area (Å²) in [7, 11) is 3.02. The predicted molar refractivity (Wildman–Crippen MR) is 145 cm³/mol. The van der Waals surface area contributed by atoms with Crippen LogP contribution in [0, 0.1) is 29.1 Å². The number of alkyl halides is 3. The molecule has 2 aromatic carbocycles. The minimum atomic E-state index is -4.42. The van der Waals surface area contributed by atoms with E-state index < -0.39 is 12.7 Å². The molecule has 10 heteroatoms. The Bertz CT molecular complexity index is 1440. The first kappa shape index (κ1) is 27.7. The first-order valence-electron chi connectivity index (χ1n) is 12.7. The Morgan fingerprint density at radius 2 is 1.90 bits per heavy atom. The maximum absolute atomic E-state index is 13.5. The fourth-order valence-corrected chi connectivity index (χ4v) is 4.85. The van der Waals surface area contributed by atoms with Gasteiger partial charge in [0.05, 0.1) is 36.6 Å². The van der Waals surface area contributed by atoms with Crippen LogP contribution in [0.25, 0.3) is 10.9 Å². The van der Waals surface area contributed by atoms with Crippen LogP contribution in [0.15, 0.2) is 42.5 Å². The quantitative estimate of drug-likeness (QED) is 0.345. The van der Waals surface area contributed by atoms with E-state index in [1.54, 1.807) is 36.4 Å². The Morgan fingerprint density at radius 3 is 2.56 bits per heavy atom. The highest BCUT2D eigenvalue weighted by Gasteiger charge is 2.30. The molecule has 0 radical (unpaired) electrons. The number of benzene rings is 2. The van der Waals surface area contributed by atoms with Crippen LogP contribution in [0.2, 0.25) is 0 Å². The van der Waals surface area contributed by atoms with Gasteiger partial charge in [0.1, 0.15) is 12.3 Å². The Labute approximate surface area is 225 Å². The lowest BCUT2D eigenvalue weighted by molar-refractivity contribution is -0.140. The summed E-state index contributed by atoms with van der Waals surface area (Å²) in [6.45, 7) is -1.00. The van der Waals surface area contributed by atoms with Crippen LogP contribution in [0.5, 0.6) is 5.75 Å². The van der Waals surface area contributed by atoms with Crippen molar-refractivity contribution in [2.75, 3.05) is 31.3 Å². The van der Waals surface area contributed by atoms with Crippen LogP contribution in [-0.4, -0.2) is 43.4 Å². The molecule has 0 aliphatic heterocycles. The van der Waals surface area contributed by atoms with Crippen molar-refractivity contribution in [1.82, 2.24) is 9.88 Å². The van der Waals surface area contributed by atoms with E-state index in [0.29, 0.717) is 27.9 Å². The van der Waals surface area contributed by atoms with Gasteiger partial charge in [-0.25, -0.2) is 0 Å². The average molecular weight is 538 g/mol. The van der Waals surface area contributed by atoms with Gasteiger partial charge < -0.3 is 25.3 Å². The van der Waals surface area contributed by atoms with Crippen molar-refractivity contribution in [1.29, 1.82) is 5.26 Å². The zero-order chi connectivity index (χ0) is 28.0. The van der Waals surface area contributed by atoms with Gasteiger partial charge in [-0.15, -0.1) is 0 Å². The number of nitrogens with one attached hydrogen (secondary N) is 3. The maximum Gasteiger partial charge on any atom is 0.406 e. The molecule has 3 N–H and O–H groups in total. The summed E-state index contributed by atoms with van der Waals surface area (Å²) in [5, 5.41) is 19.0. The van der Waals surface area contributed by atoms with E-state index in [1.807, 2.05) is 6.07 Å². The van der Waals surface area contributed by atoms with Crippen LogP contribution in [0.3, 0.4) is 0 Å². The van der Waals surface area contributed by atoms with Crippen molar-refractivity contribution in [3.05, 3.63) is 53.7 Å². The molecule has 0 unspecified atom stereocenters. The van der Waals surface area contributed by atoms with Gasteiger partial charge >= 0.3 is 6.18 Å². The summed E-state index contributed by atoms with van der Waals surface area (Å²) < 4.78 is 47.1. The first-order valence-corrected chi connectivity index (χ1v) is 12.7. The van der Waals surface area contributed by atoms with Crippen LogP contribution >= 0.6 is 0 Å². The van der Waals surface area contributed by atoms with Crippen molar-refractivity contribution in [2.45, 2.75) is 44.4 Å². The number of hydrogen-bond donors (Lipinski definition) is 3. The number of carbonyl (C=O) groups is 1. The van der Waals surface area contributed by atoms with Gasteiger partial charge in [-0.2, -0.15) is 18.4 Å². The smallest absolute Gasteiger partial charge is 0.406 e. The molecule has 0 bridgehead atoms. The largest absolute Gasteiger partial charge is 0.495 e. The molecule has 3 aromatic rings. The van der Waals surface area contributed by atoms with Gasteiger partial charge in [0, 0.05) is 35.6 Å². The molecule has 7 nitrogen and oxygen atoms in total. The SMILES string of the molecule is CNC(=O)c1ccc(NCC#Cc2cc3c(N[C@H]4CC[C@H](C#N)CC4)cccc3n2CC(F)(F)F)c(OC)c1. The predicted octanol–water partition coefficient (Wildman–Crippen LogP) is 5.53. The molecule has 0 saturated heterocycles. The lowest BCUT2D eigenvalue weighted by Gasteiger charge is -2.26. The van der Waals surface area contributed by atoms with Crippen molar-refractivity contribution >= 4 is 28.2 Å². The molecular weight excluding hydrogens is 507 g/mol. The first-order chi connectivity index (χ1) is 18.7. The number of aromatic nitrogens is 1. The third-order valence-electron chi connectivity index (χ3n) is 6.83. The molecule has 1 aliphatic rings. The van der Waals surface area contributed by atoms with E-state index in [1.165, 1.54) is 18.7 Å². The third kappa shape index (κ3) is 6.77. The van der Waals surface area contributed by atoms with Crippen molar-refractivity contribution in [3.8, 4) is 23.7 Å². The molecule has 1 aromatic heterocycles. The van der Waals surface area contributed by atoms with Crippen molar-refractivity contribution in [2.24, 2.45) is 5.92 Å². The topological polar surface area (TPSA) is 91.1 Å². The Balaban J connectivity index is 1.57. The molecule has 4 rings (SSSR count). The number of nitrogens with zero attached hydrogens (tertiary/aromatic N) is 2. The molecule has 1 saturated carbocycles. The van der Waals surface area contributed by atoms with Gasteiger partial charge in [0.15, 0.2) is 0 Å². The molecular formula is C29H30F3N5O2. The second-order valence-electron chi connectivity index (χ2n) is 9.44. The van der Waals surface area contributed by atoms with E-state index >= 15 is 0 Å². The number of anilines is 2. The van der Waals surface area contributed by atoms with Crippen molar-refractivity contribution < 1.29 is 22.7 Å². The van der Waals surface area contributed by atoms with Crippen LogP contribution in [0.4, 0.5) is 24.5 Å². The third-order valence-corrected chi connectivity index (χ3v) is 6.83. The fraction of sp³-hybridized carbons (Fsp3) is 0.379. The van der Waals surface area contributed by atoms with Gasteiger partial charge in [-0.3, -0.25) is 4.79 Å². The Kier molecular flexibility index (Phi) is 8.55. The van der Waals surface area contributed by atoms with Crippen LogP contribution in [0.1, 0.15) is 41.7 Å². The summed E-state index contributed by atoms with van der Waals surface area (Å²) in [5.41, 5.74) is 2.51. The van der Waals surface area contributed by atoms with Gasteiger partial charge in [0.25, 0.3) is 5.91 Å². The number of carbonyl (C=O) groups excluding carboxylic acids is 1. The fourth-order valence-electron chi connectivity index (χ4n) is 4.85. The minimum absolute atomic E-state index is 0.0657. The van der Waals surface area contributed by atoms with Crippen LogP contribution < -0.4 is 20.7 Å². The maximum atomic E-state index is 13.5. The van der Waals surface area contributed by atoms with Crippen molar-refractivity contribution in [3.63, 3.8) is 0 Å². The number of amides is 1. The summed E-state index contributed by atoms with van der Waals surface area (Å²) in [5.74, 6) is 6.08. The lowest BCUT2D eigenvalue weighted by atomic mass is 9.87. The standard InChI is InChI=1S/C29H30F3N5O2/c1-34-28(38)20-10-13-25(27(15-20)39-2)35-14-4-5-22-16-23-24(36-21-11-8-19(17-33)9-12-21)6-3-7-26(23)37(22)18-29(30,31)32/h3,6-7,10,13,15-16,19,21,35-36H,8-9,11-12,14,18H2,1-2H3,(H,34,38)/t19-,21-. The number of methoxy groups -OCH3 is 1. The molecule has 1 amide bonds. The molecule has 1 fully saturated rings. The van der Waals surface area contributed by atoms with Gasteiger partial charge in [0.2, 0.25) is 0 Å². The van der Waals surface area contributed by atoms with E-state index in [-0.39, 0.29) is 30.1 Å². The minimum Gasteiger partial charge on any atom is -0.495 e. The summed E-state index contributed by atoms with van der Waals surface area (Å²) in [6, 6.07) is 14.4. The number of nitriles is 1. The van der Waals surface area contributed by atoms with Gasteiger partial charge in [-0.1, -0.05) is 12.0 Å². The Morgan fingerprint density at radius 1 is 1.13 bits per heavy atom. The van der Waals surface area contributed by atoms with E-state index in [2.05, 4.69) is 33.9 Å². The number of halogens is 3. The Hall–Kier alpha value is -4.31. The zero-order valence-corrected chi connectivity index (χ0v) is 21.8. The van der Waals surface area contributed by atoms with Gasteiger partial charge in [-0.05, 0) is 68.0 Å². The monoisotopic (exact) mass is 537 g/mol. The summed E-state index contributed by atoms with van der Waals surface area (Å²) in [6.07, 6.45) is -1.13. The van der Waals surface area contributed by atoms with E-state index in [4.69, 9.17) is 10.00 Å². The lowest BCUT2D eigenvalue weighted by Crippen LogP contribution is -2.25. The highest BCUT2D eigenvalue weighted by Crippen LogP contribution is 2.33.